The van der Waals surface area contributed by atoms with E-state index in [9.17, 15) is 49.2 Å². The Bertz CT molecular complexity index is 2060. The third kappa shape index (κ3) is 7.13. The van der Waals surface area contributed by atoms with Crippen molar-refractivity contribution >= 4 is 35.6 Å². The zero-order chi connectivity index (χ0) is 43.6. The van der Waals surface area contributed by atoms with Crippen molar-refractivity contribution in [1.29, 1.82) is 0 Å². The average molecular weight is 822 g/mol. The molecule has 2 aromatic carbocycles. The number of benzene rings is 2. The van der Waals surface area contributed by atoms with E-state index in [-0.39, 0.29) is 16.7 Å². The van der Waals surface area contributed by atoms with Gasteiger partial charge in [-0.2, -0.15) is 0 Å². The van der Waals surface area contributed by atoms with Gasteiger partial charge in [0.25, 0.3) is 0 Å². The number of carbonyl (C=O) groups excluding carboxylic acids is 6. The van der Waals surface area contributed by atoms with Crippen LogP contribution >= 0.6 is 0 Å². The summed E-state index contributed by atoms with van der Waals surface area (Å²) < 4.78 is 29.0. The lowest BCUT2D eigenvalue weighted by Crippen LogP contribution is -2.84. The Labute approximate surface area is 340 Å². The molecule has 3 fully saturated rings. The lowest BCUT2D eigenvalue weighted by Gasteiger charge is -2.66. The Morgan fingerprint density at radius 1 is 0.932 bits per heavy atom. The van der Waals surface area contributed by atoms with Gasteiger partial charge in [-0.25, -0.2) is 14.4 Å². The Morgan fingerprint density at radius 3 is 2.07 bits per heavy atom. The third-order valence-corrected chi connectivity index (χ3v) is 12.4. The maximum atomic E-state index is 14.9. The van der Waals surface area contributed by atoms with Crippen LogP contribution in [0.15, 0.2) is 71.8 Å². The molecular weight excluding hydrogens is 770 g/mol. The van der Waals surface area contributed by atoms with Crippen molar-refractivity contribution in [2.75, 3.05) is 6.61 Å². The monoisotopic (exact) mass is 821 g/mol. The fourth-order valence-corrected chi connectivity index (χ4v) is 9.46. The number of esters is 3. The highest BCUT2D eigenvalue weighted by Crippen LogP contribution is 2.63. The Kier molecular flexibility index (Phi) is 11.2. The Balaban J connectivity index is 1.50. The second-order valence-electron chi connectivity index (χ2n) is 17.5. The molecule has 2 aromatic rings. The summed E-state index contributed by atoms with van der Waals surface area (Å²) in [6.07, 6.45) is -13.2. The third-order valence-electron chi connectivity index (χ3n) is 12.4. The number of ketones is 2. The first kappa shape index (κ1) is 43.6. The number of Topliss-reactive ketones (excluding diaryl/α,β-unsaturated/α-hetero) is 2. The van der Waals surface area contributed by atoms with Crippen LogP contribution in [0.1, 0.15) is 83.8 Å². The molecule has 0 aromatic heterocycles. The van der Waals surface area contributed by atoms with E-state index in [4.69, 9.17) is 23.7 Å². The van der Waals surface area contributed by atoms with Gasteiger partial charge < -0.3 is 49.4 Å². The van der Waals surface area contributed by atoms with Crippen LogP contribution in [0, 0.1) is 16.7 Å². The van der Waals surface area contributed by atoms with E-state index in [0.717, 1.165) is 6.92 Å². The van der Waals surface area contributed by atoms with Crippen molar-refractivity contribution < 1.29 is 72.9 Å². The minimum atomic E-state index is -2.48. The van der Waals surface area contributed by atoms with Gasteiger partial charge >= 0.3 is 24.0 Å². The summed E-state index contributed by atoms with van der Waals surface area (Å²) in [4.78, 5) is 82.7. The molecule has 11 atom stereocenters. The summed E-state index contributed by atoms with van der Waals surface area (Å²) in [6.45, 7) is 11.0. The summed E-state index contributed by atoms with van der Waals surface area (Å²) >= 11 is 0. The smallest absolute Gasteiger partial charge is 0.408 e. The topological polar surface area (TPSA) is 242 Å². The zero-order valence-electron chi connectivity index (χ0n) is 34.1. The number of amides is 1. The highest BCUT2D eigenvalue weighted by molar-refractivity contribution is 6.02. The molecule has 1 saturated heterocycles. The fourth-order valence-electron chi connectivity index (χ4n) is 9.46. The number of ether oxygens (including phenoxy) is 5. The molecule has 0 spiro atoms. The normalized spacial score (nSPS) is 33.4. The highest BCUT2D eigenvalue weighted by Gasteiger charge is 2.80. The SMILES string of the molecule is CC(=O)O[C@]12CO[C@H]1C(=O)[C@@H](O)[C@]1(C)C(=O)[C@@H](O)C3=C(C)[C@H](OC(=O)[C@@H](O)[C@H](NC(=O)OC(C)(C)C)c4ccccc4)C[C@](O)([C@H](OC(=O)c4ccccc4)[C@@H]21)C3(C)C. The van der Waals surface area contributed by atoms with Crippen LogP contribution in [0.2, 0.25) is 0 Å². The van der Waals surface area contributed by atoms with Crippen molar-refractivity contribution in [2.45, 2.75) is 121 Å². The molecule has 1 aliphatic heterocycles. The van der Waals surface area contributed by atoms with Gasteiger partial charge in [0.1, 0.15) is 35.6 Å². The largest absolute Gasteiger partial charge is 0.456 e. The van der Waals surface area contributed by atoms with Gasteiger partial charge in [-0.15, -0.1) is 0 Å². The van der Waals surface area contributed by atoms with Gasteiger partial charge in [0.05, 0.1) is 29.5 Å². The number of fused-ring (bicyclic) bond motifs is 5. The first-order valence-electron chi connectivity index (χ1n) is 19.3. The molecule has 16 nitrogen and oxygen atoms in total. The number of alkyl carbamates (subject to hydrolysis) is 1. The lowest BCUT2D eigenvalue weighted by molar-refractivity contribution is -0.327. The molecule has 4 aliphatic rings. The van der Waals surface area contributed by atoms with Crippen LogP contribution in [0.25, 0.3) is 0 Å². The summed E-state index contributed by atoms with van der Waals surface area (Å²) in [5, 5.41) is 51.4. The zero-order valence-corrected chi connectivity index (χ0v) is 34.1. The lowest BCUT2D eigenvalue weighted by atomic mass is 9.44. The van der Waals surface area contributed by atoms with E-state index in [1.807, 2.05) is 0 Å². The van der Waals surface area contributed by atoms with E-state index in [1.54, 1.807) is 69.3 Å². The predicted molar refractivity (Wildman–Crippen MR) is 204 cm³/mol. The molecule has 2 saturated carbocycles. The summed E-state index contributed by atoms with van der Waals surface area (Å²) in [5.74, 6) is -7.14. The van der Waals surface area contributed by atoms with Gasteiger partial charge in [0.15, 0.2) is 29.4 Å². The maximum absolute atomic E-state index is 14.9. The van der Waals surface area contributed by atoms with E-state index in [0.29, 0.717) is 5.56 Å². The van der Waals surface area contributed by atoms with Crippen LogP contribution in [0.3, 0.4) is 0 Å². The molecule has 0 unspecified atom stereocenters. The minimum absolute atomic E-state index is 0.0118. The van der Waals surface area contributed by atoms with Crippen LogP contribution in [-0.2, 0) is 42.9 Å². The van der Waals surface area contributed by atoms with E-state index >= 15 is 0 Å². The molecule has 5 N–H and O–H groups in total. The van der Waals surface area contributed by atoms with Crippen molar-refractivity contribution in [3.63, 3.8) is 0 Å². The molecule has 318 valence electrons. The maximum Gasteiger partial charge on any atom is 0.408 e. The molecule has 3 aliphatic carbocycles. The predicted octanol–water partition coefficient (Wildman–Crippen LogP) is 2.44. The van der Waals surface area contributed by atoms with Crippen molar-refractivity contribution in [2.24, 2.45) is 16.7 Å². The molecule has 16 heteroatoms. The molecular formula is C43H51NO15. The minimum Gasteiger partial charge on any atom is -0.456 e. The molecule has 1 heterocycles. The number of hydrogen-bond acceptors (Lipinski definition) is 15. The van der Waals surface area contributed by atoms with E-state index in [2.05, 4.69) is 5.32 Å². The van der Waals surface area contributed by atoms with Gasteiger partial charge in [-0.3, -0.25) is 14.4 Å². The number of carbonyl (C=O) groups is 6. The molecule has 6 rings (SSSR count). The standard InChI is InChI=1S/C43H51NO15/c1-21-25(56-37(52)29(47)27(23-15-11-9-12-16-23)44-38(53)59-39(3,4)5)19-43(54)35(57-36(51)24-17-13-10-14-18-24)31-41(8,32(49)28(46)26(21)40(43,6)7)33(50)30(48)34-42(31,20-55-34)58-22(2)45/h9-18,25,27-29,31,33-35,46-47,50,54H,19-20H2,1-8H3,(H,44,53)/t25-,27-,28+,29+,31-,33-,34+,35-,41+,42+,43+/m1/s1. The van der Waals surface area contributed by atoms with Crippen molar-refractivity contribution in [3.8, 4) is 0 Å². The summed E-state index contributed by atoms with van der Waals surface area (Å²) in [5.41, 5.74) is -9.42. The number of hydrogen-bond donors (Lipinski definition) is 5. The first-order valence-corrected chi connectivity index (χ1v) is 19.3. The number of nitrogens with one attached hydrogen (secondary N) is 1. The van der Waals surface area contributed by atoms with Crippen molar-refractivity contribution in [3.05, 3.63) is 82.9 Å². The van der Waals surface area contributed by atoms with Gasteiger partial charge in [0, 0.05) is 18.8 Å². The quantitative estimate of drug-likeness (QED) is 0.146. The van der Waals surface area contributed by atoms with Crippen molar-refractivity contribution in [1.82, 2.24) is 5.32 Å². The Hall–Kier alpha value is -5.00. The second kappa shape index (κ2) is 15.2. The summed E-state index contributed by atoms with van der Waals surface area (Å²) in [7, 11) is 0. The fraction of sp³-hybridized carbons (Fsp3) is 0.535. The first-order chi connectivity index (χ1) is 27.4. The van der Waals surface area contributed by atoms with E-state index < -0.39 is 125 Å². The molecule has 0 radical (unpaired) electrons. The number of rotatable bonds is 8. The summed E-state index contributed by atoms with van der Waals surface area (Å²) in [6, 6.07) is 14.3. The van der Waals surface area contributed by atoms with Crippen LogP contribution < -0.4 is 5.32 Å². The Morgan fingerprint density at radius 2 is 1.53 bits per heavy atom. The van der Waals surface area contributed by atoms with E-state index in [1.165, 1.54) is 39.8 Å². The van der Waals surface area contributed by atoms with Crippen LogP contribution in [0.4, 0.5) is 4.79 Å². The number of aliphatic hydroxyl groups excluding tert-OH is 3. The van der Waals surface area contributed by atoms with Gasteiger partial charge in [-0.1, -0.05) is 62.4 Å². The van der Waals surface area contributed by atoms with Crippen LogP contribution in [0.5, 0.6) is 0 Å². The average Bonchev–Trinajstić information content (AvgIpc) is 3.15. The highest BCUT2D eigenvalue weighted by atomic mass is 16.6. The molecule has 2 bridgehead atoms. The number of aliphatic hydroxyl groups is 4. The molecule has 59 heavy (non-hydrogen) atoms. The second-order valence-corrected chi connectivity index (χ2v) is 17.5. The van der Waals surface area contributed by atoms with Gasteiger partial charge in [-0.05, 0) is 63.5 Å². The van der Waals surface area contributed by atoms with Gasteiger partial charge in [0.2, 0.25) is 0 Å². The molecule has 1 amide bonds. The van der Waals surface area contributed by atoms with Crippen LogP contribution in [-0.4, -0.2) is 116 Å².